The lowest BCUT2D eigenvalue weighted by molar-refractivity contribution is -0.0286. The molecule has 0 radical (unpaired) electrons. The summed E-state index contributed by atoms with van der Waals surface area (Å²) in [4.78, 5) is 0. The quantitative estimate of drug-likeness (QED) is 0.748. The maximum atomic E-state index is 13.5. The fourth-order valence-corrected chi connectivity index (χ4v) is 4.74. The van der Waals surface area contributed by atoms with E-state index in [0.717, 1.165) is 41.1 Å². The predicted molar refractivity (Wildman–Crippen MR) is 89.5 cm³/mol. The number of hydrogen-bond acceptors (Lipinski definition) is 1. The van der Waals surface area contributed by atoms with Crippen LogP contribution >= 0.6 is 0 Å². The first-order chi connectivity index (χ1) is 10.9. The molecule has 4 atom stereocenters. The Bertz CT molecular complexity index is 635. The summed E-state index contributed by atoms with van der Waals surface area (Å²) >= 11 is 0. The van der Waals surface area contributed by atoms with E-state index in [0.29, 0.717) is 5.92 Å². The third-order valence-corrected chi connectivity index (χ3v) is 5.92. The second-order valence-electron chi connectivity index (χ2n) is 8.12. The normalized spacial score (nSPS) is 33.7. The number of benzene rings is 1. The van der Waals surface area contributed by atoms with E-state index in [2.05, 4.69) is 18.8 Å². The Hall–Kier alpha value is -1.38. The van der Waals surface area contributed by atoms with E-state index < -0.39 is 5.92 Å². The summed E-state index contributed by atoms with van der Waals surface area (Å²) in [5.74, 6) is 0.766. The van der Waals surface area contributed by atoms with Gasteiger partial charge in [-0.25, -0.2) is 8.78 Å². The van der Waals surface area contributed by atoms with Gasteiger partial charge in [0, 0.05) is 23.4 Å². The number of nitrogens with one attached hydrogen (secondary N) is 1. The van der Waals surface area contributed by atoms with E-state index in [-0.39, 0.29) is 12.0 Å². The van der Waals surface area contributed by atoms with Crippen molar-refractivity contribution in [1.82, 2.24) is 0 Å². The molecule has 124 valence electrons. The molecular weight excluding hydrogens is 292 g/mol. The fraction of sp³-hybridized carbons (Fsp3) is 0.600. The van der Waals surface area contributed by atoms with E-state index in [1.807, 2.05) is 12.1 Å². The minimum absolute atomic E-state index is 0.119. The zero-order chi connectivity index (χ0) is 16.2. The summed E-state index contributed by atoms with van der Waals surface area (Å²) in [6, 6.07) is 5.30. The lowest BCUT2D eigenvalue weighted by Gasteiger charge is -2.30. The number of fused-ring (bicyclic) bond motifs is 2. The SMILES string of the molecule is C=C(CC1CC(C)CC2CC2C1)Nc1ccc2c(c1)C(F)(F)C2. The van der Waals surface area contributed by atoms with Crippen LogP contribution in [0.1, 0.15) is 50.2 Å². The van der Waals surface area contributed by atoms with E-state index in [1.54, 1.807) is 6.07 Å². The van der Waals surface area contributed by atoms with Crippen LogP contribution in [0.2, 0.25) is 0 Å². The Labute approximate surface area is 137 Å². The van der Waals surface area contributed by atoms with Gasteiger partial charge in [0.1, 0.15) is 0 Å². The second-order valence-corrected chi connectivity index (χ2v) is 8.12. The molecule has 0 aromatic heterocycles. The monoisotopic (exact) mass is 317 g/mol. The van der Waals surface area contributed by atoms with Gasteiger partial charge in [0.2, 0.25) is 0 Å². The topological polar surface area (TPSA) is 12.0 Å². The van der Waals surface area contributed by atoms with Crippen LogP contribution in [0.15, 0.2) is 30.5 Å². The Balaban J connectivity index is 1.37. The van der Waals surface area contributed by atoms with Gasteiger partial charge in [-0.1, -0.05) is 19.6 Å². The number of halogens is 2. The molecule has 2 fully saturated rings. The van der Waals surface area contributed by atoms with Crippen molar-refractivity contribution in [2.24, 2.45) is 23.7 Å². The molecule has 0 spiro atoms. The molecule has 0 heterocycles. The van der Waals surface area contributed by atoms with Gasteiger partial charge in [-0.3, -0.25) is 0 Å². The minimum Gasteiger partial charge on any atom is -0.359 e. The van der Waals surface area contributed by atoms with E-state index in [9.17, 15) is 8.78 Å². The van der Waals surface area contributed by atoms with Crippen molar-refractivity contribution >= 4 is 5.69 Å². The van der Waals surface area contributed by atoms with Crippen molar-refractivity contribution in [3.8, 4) is 0 Å². The maximum absolute atomic E-state index is 13.5. The van der Waals surface area contributed by atoms with Gasteiger partial charge < -0.3 is 5.32 Å². The lowest BCUT2D eigenvalue weighted by Crippen LogP contribution is -2.29. The Morgan fingerprint density at radius 2 is 2.00 bits per heavy atom. The highest BCUT2D eigenvalue weighted by atomic mass is 19.3. The highest BCUT2D eigenvalue weighted by molar-refractivity contribution is 5.56. The second kappa shape index (κ2) is 5.32. The lowest BCUT2D eigenvalue weighted by atomic mass is 9.84. The fourth-order valence-electron chi connectivity index (χ4n) is 4.74. The molecule has 1 nitrogen and oxygen atoms in total. The van der Waals surface area contributed by atoms with Crippen LogP contribution in [-0.2, 0) is 12.3 Å². The van der Waals surface area contributed by atoms with Crippen LogP contribution in [-0.4, -0.2) is 0 Å². The summed E-state index contributed by atoms with van der Waals surface area (Å²) in [6.07, 6.45) is 6.24. The Kier molecular flexibility index (Phi) is 3.51. The third kappa shape index (κ3) is 3.02. The number of rotatable bonds is 4. The first kappa shape index (κ1) is 15.2. The van der Waals surface area contributed by atoms with Gasteiger partial charge >= 0.3 is 0 Å². The van der Waals surface area contributed by atoms with Crippen molar-refractivity contribution < 1.29 is 8.78 Å². The molecule has 0 bridgehead atoms. The van der Waals surface area contributed by atoms with Gasteiger partial charge in [0.05, 0.1) is 0 Å². The third-order valence-electron chi connectivity index (χ3n) is 5.92. The van der Waals surface area contributed by atoms with Crippen LogP contribution in [0.5, 0.6) is 0 Å². The molecule has 4 unspecified atom stereocenters. The molecule has 23 heavy (non-hydrogen) atoms. The molecule has 1 aromatic rings. The zero-order valence-electron chi connectivity index (χ0n) is 13.7. The average Bonchev–Trinajstić information content (AvgIpc) is 3.17. The molecule has 3 heteroatoms. The van der Waals surface area contributed by atoms with Crippen molar-refractivity contribution in [2.75, 3.05) is 5.32 Å². The number of anilines is 1. The average molecular weight is 317 g/mol. The molecule has 3 aliphatic carbocycles. The van der Waals surface area contributed by atoms with Gasteiger partial charge in [0.25, 0.3) is 5.92 Å². The highest BCUT2D eigenvalue weighted by Gasteiger charge is 2.44. The zero-order valence-corrected chi connectivity index (χ0v) is 13.7. The van der Waals surface area contributed by atoms with Crippen LogP contribution < -0.4 is 5.32 Å². The van der Waals surface area contributed by atoms with Gasteiger partial charge in [-0.15, -0.1) is 0 Å². The molecular formula is C20H25F2N. The molecule has 0 saturated heterocycles. The molecule has 2 saturated carbocycles. The Morgan fingerprint density at radius 1 is 1.22 bits per heavy atom. The van der Waals surface area contributed by atoms with Crippen LogP contribution in [0.25, 0.3) is 0 Å². The molecule has 0 aliphatic heterocycles. The van der Waals surface area contributed by atoms with E-state index in [1.165, 1.54) is 25.7 Å². The summed E-state index contributed by atoms with van der Waals surface area (Å²) in [7, 11) is 0. The molecule has 3 aliphatic rings. The first-order valence-electron chi connectivity index (χ1n) is 8.87. The largest absolute Gasteiger partial charge is 0.359 e. The standard InChI is InChI=1S/C20H25F2N/c1-12-5-14(8-17-9-16(17)6-12)7-13(2)23-18-4-3-15-11-20(21,22)19(15)10-18/h3-4,10,12,14,16-17,23H,2,5-9,11H2,1H3. The van der Waals surface area contributed by atoms with E-state index in [4.69, 9.17) is 0 Å². The Morgan fingerprint density at radius 3 is 2.78 bits per heavy atom. The molecule has 4 rings (SSSR count). The minimum atomic E-state index is -2.65. The van der Waals surface area contributed by atoms with Crippen molar-refractivity contribution in [2.45, 2.75) is 51.4 Å². The van der Waals surface area contributed by atoms with Crippen molar-refractivity contribution in [3.63, 3.8) is 0 Å². The van der Waals surface area contributed by atoms with Crippen molar-refractivity contribution in [3.05, 3.63) is 41.6 Å². The van der Waals surface area contributed by atoms with Crippen LogP contribution in [0.4, 0.5) is 14.5 Å². The number of alkyl halides is 2. The summed E-state index contributed by atoms with van der Waals surface area (Å²) in [5, 5.41) is 3.26. The summed E-state index contributed by atoms with van der Waals surface area (Å²) < 4.78 is 27.0. The van der Waals surface area contributed by atoms with Gasteiger partial charge in [0.15, 0.2) is 0 Å². The summed E-state index contributed by atoms with van der Waals surface area (Å²) in [6.45, 7) is 6.51. The van der Waals surface area contributed by atoms with Crippen LogP contribution in [0, 0.1) is 23.7 Å². The van der Waals surface area contributed by atoms with Crippen LogP contribution in [0.3, 0.4) is 0 Å². The van der Waals surface area contributed by atoms with Gasteiger partial charge in [-0.2, -0.15) is 0 Å². The molecule has 1 N–H and O–H groups in total. The summed E-state index contributed by atoms with van der Waals surface area (Å²) in [5.41, 5.74) is 2.66. The van der Waals surface area contributed by atoms with Gasteiger partial charge in [-0.05, 0) is 73.5 Å². The van der Waals surface area contributed by atoms with E-state index >= 15 is 0 Å². The maximum Gasteiger partial charge on any atom is 0.277 e. The number of allylic oxidation sites excluding steroid dienone is 1. The number of hydrogen-bond donors (Lipinski definition) is 1. The highest BCUT2D eigenvalue weighted by Crippen LogP contribution is 2.52. The first-order valence-corrected chi connectivity index (χ1v) is 8.87. The smallest absolute Gasteiger partial charge is 0.277 e. The molecule has 0 amide bonds. The predicted octanol–water partition coefficient (Wildman–Crippen LogP) is 5.72. The molecule has 1 aromatic carbocycles. The van der Waals surface area contributed by atoms with Crippen molar-refractivity contribution in [1.29, 1.82) is 0 Å².